The van der Waals surface area contributed by atoms with Gasteiger partial charge in [-0.25, -0.2) is 0 Å². The number of nitrogens with zero attached hydrogens (tertiary/aromatic N) is 2. The number of fused-ring (bicyclic) bond motifs is 3. The topological polar surface area (TPSA) is 61.9 Å². The van der Waals surface area contributed by atoms with Crippen LogP contribution in [0.4, 0.5) is 0 Å². The van der Waals surface area contributed by atoms with Crippen molar-refractivity contribution < 1.29 is 14.3 Å². The lowest BCUT2D eigenvalue weighted by atomic mass is 9.83. The van der Waals surface area contributed by atoms with Crippen LogP contribution in [0.5, 0.6) is 0 Å². The van der Waals surface area contributed by atoms with Crippen LogP contribution in [0.25, 0.3) is 0 Å². The van der Waals surface area contributed by atoms with Crippen molar-refractivity contribution in [3.63, 3.8) is 0 Å². The number of benzene rings is 1. The molecule has 6 heteroatoms. The molecule has 0 spiro atoms. The van der Waals surface area contributed by atoms with Crippen molar-refractivity contribution in [2.45, 2.75) is 44.3 Å². The highest BCUT2D eigenvalue weighted by atomic mass is 16.5. The Balaban J connectivity index is 1.30. The number of carbonyl (C=O) groups excluding carboxylic acids is 2. The maximum Gasteiger partial charge on any atom is 0.237 e. The molecule has 156 valence electrons. The number of ether oxygens (including phenoxy) is 1. The molecule has 1 aromatic rings. The largest absolute Gasteiger partial charge is 0.378 e. The second kappa shape index (κ2) is 7.73. The molecular weight excluding hydrogens is 366 g/mol. The lowest BCUT2D eigenvalue weighted by molar-refractivity contribution is -0.143. The van der Waals surface area contributed by atoms with Crippen molar-refractivity contribution in [2.24, 2.45) is 17.8 Å². The zero-order valence-corrected chi connectivity index (χ0v) is 17.2. The molecule has 5 rings (SSSR count). The quantitative estimate of drug-likeness (QED) is 0.838. The number of rotatable bonds is 3. The van der Waals surface area contributed by atoms with Crippen molar-refractivity contribution in [3.05, 3.63) is 35.4 Å². The Morgan fingerprint density at radius 2 is 1.79 bits per heavy atom. The molecule has 1 unspecified atom stereocenters. The maximum atomic E-state index is 13.3. The van der Waals surface area contributed by atoms with Gasteiger partial charge in [0.2, 0.25) is 11.8 Å². The van der Waals surface area contributed by atoms with Crippen molar-refractivity contribution in [2.75, 3.05) is 33.4 Å². The minimum atomic E-state index is -0.164. The second-order valence-electron chi connectivity index (χ2n) is 9.23. The van der Waals surface area contributed by atoms with Crippen LogP contribution in [0.1, 0.15) is 30.4 Å². The van der Waals surface area contributed by atoms with Gasteiger partial charge in [0.25, 0.3) is 0 Å². The highest BCUT2D eigenvalue weighted by Gasteiger charge is 2.52. The third kappa shape index (κ3) is 3.46. The molecule has 0 aromatic heterocycles. The normalized spacial score (nSPS) is 34.1. The van der Waals surface area contributed by atoms with Gasteiger partial charge >= 0.3 is 0 Å². The van der Waals surface area contributed by atoms with Crippen LogP contribution < -0.4 is 5.32 Å². The van der Waals surface area contributed by atoms with E-state index in [1.54, 1.807) is 0 Å². The maximum absolute atomic E-state index is 13.3. The molecule has 1 aromatic carbocycles. The summed E-state index contributed by atoms with van der Waals surface area (Å²) in [5, 5.41) is 3.35. The Morgan fingerprint density at radius 1 is 1.07 bits per heavy atom. The van der Waals surface area contributed by atoms with Gasteiger partial charge in [-0.3, -0.25) is 14.5 Å². The Labute approximate surface area is 172 Å². The SMILES string of the molecule is CN1Cc2ccccc2CC1C(=O)N[C@H]1[C@@H]2CC[C@@H](C2)[C@H]1C(=O)N1CCOCC1. The van der Waals surface area contributed by atoms with Crippen LogP contribution in [0, 0.1) is 17.8 Å². The van der Waals surface area contributed by atoms with E-state index in [2.05, 4.69) is 28.4 Å². The summed E-state index contributed by atoms with van der Waals surface area (Å²) in [5.74, 6) is 1.12. The van der Waals surface area contributed by atoms with E-state index >= 15 is 0 Å². The number of hydrogen-bond acceptors (Lipinski definition) is 4. The van der Waals surface area contributed by atoms with Gasteiger partial charge in [0, 0.05) is 25.7 Å². The van der Waals surface area contributed by atoms with E-state index in [-0.39, 0.29) is 29.8 Å². The van der Waals surface area contributed by atoms with E-state index in [0.29, 0.717) is 38.1 Å². The average molecular weight is 398 g/mol. The molecule has 29 heavy (non-hydrogen) atoms. The smallest absolute Gasteiger partial charge is 0.237 e. The molecule has 2 bridgehead atoms. The minimum absolute atomic E-state index is 0.0119. The molecule has 0 radical (unpaired) electrons. The summed E-state index contributed by atoms with van der Waals surface area (Å²) in [5.41, 5.74) is 2.57. The number of amides is 2. The van der Waals surface area contributed by atoms with Crippen molar-refractivity contribution in [1.82, 2.24) is 15.1 Å². The van der Waals surface area contributed by atoms with Gasteiger partial charge in [0.15, 0.2) is 0 Å². The summed E-state index contributed by atoms with van der Waals surface area (Å²) < 4.78 is 5.42. The van der Waals surface area contributed by atoms with Crippen molar-refractivity contribution in [3.8, 4) is 0 Å². The van der Waals surface area contributed by atoms with Crippen LogP contribution in [0.3, 0.4) is 0 Å². The van der Waals surface area contributed by atoms with Crippen molar-refractivity contribution in [1.29, 1.82) is 0 Å². The van der Waals surface area contributed by atoms with Crippen LogP contribution in [0.2, 0.25) is 0 Å². The molecule has 3 fully saturated rings. The molecule has 2 amide bonds. The van der Waals surface area contributed by atoms with Gasteiger partial charge in [-0.15, -0.1) is 0 Å². The number of nitrogens with one attached hydrogen (secondary N) is 1. The van der Waals surface area contributed by atoms with Gasteiger partial charge in [0.1, 0.15) is 0 Å². The monoisotopic (exact) mass is 397 g/mol. The molecule has 2 saturated carbocycles. The van der Waals surface area contributed by atoms with Crippen LogP contribution in [0.15, 0.2) is 24.3 Å². The van der Waals surface area contributed by atoms with Crippen molar-refractivity contribution >= 4 is 11.8 Å². The first-order valence-electron chi connectivity index (χ1n) is 11.1. The molecule has 5 atom stereocenters. The summed E-state index contributed by atoms with van der Waals surface area (Å²) in [7, 11) is 2.03. The predicted octanol–water partition coefficient (Wildman–Crippen LogP) is 1.43. The molecule has 1 saturated heterocycles. The summed E-state index contributed by atoms with van der Waals surface area (Å²) in [6.07, 6.45) is 4.07. The molecule has 2 heterocycles. The Bertz CT molecular complexity index is 791. The number of carbonyl (C=O) groups is 2. The molecule has 2 aliphatic carbocycles. The van der Waals surface area contributed by atoms with Gasteiger partial charge in [0.05, 0.1) is 25.2 Å². The van der Waals surface area contributed by atoms with Crippen LogP contribution in [-0.4, -0.2) is 67.0 Å². The van der Waals surface area contributed by atoms with E-state index in [1.807, 2.05) is 18.0 Å². The Kier molecular flexibility index (Phi) is 5.08. The standard InChI is InChI=1S/C23H31N3O3/c1-25-14-18-5-3-2-4-15(18)13-19(25)22(27)24-21-17-7-6-16(12-17)20(21)23(28)26-8-10-29-11-9-26/h2-5,16-17,19-21H,6-14H2,1H3,(H,24,27)/t16-,17+,19?,20+,21-/m0/s1. The number of likely N-dealkylation sites (N-methyl/N-ethyl adjacent to an activating group) is 1. The molecule has 6 nitrogen and oxygen atoms in total. The summed E-state index contributed by atoms with van der Waals surface area (Å²) >= 11 is 0. The van der Waals surface area contributed by atoms with Gasteiger partial charge < -0.3 is 15.0 Å². The fraction of sp³-hybridized carbons (Fsp3) is 0.652. The van der Waals surface area contributed by atoms with E-state index in [0.717, 1.165) is 32.2 Å². The first-order valence-corrected chi connectivity index (χ1v) is 11.1. The predicted molar refractivity (Wildman–Crippen MR) is 109 cm³/mol. The highest BCUT2D eigenvalue weighted by Crippen LogP contribution is 2.49. The van der Waals surface area contributed by atoms with Crippen LogP contribution in [-0.2, 0) is 27.3 Å². The Hall–Kier alpha value is -1.92. The first-order chi connectivity index (χ1) is 14.1. The zero-order chi connectivity index (χ0) is 20.0. The second-order valence-corrected chi connectivity index (χ2v) is 9.23. The third-order valence-corrected chi connectivity index (χ3v) is 7.62. The fourth-order valence-electron chi connectivity index (χ4n) is 6.06. The molecule has 4 aliphatic rings. The highest BCUT2D eigenvalue weighted by molar-refractivity contribution is 5.85. The summed E-state index contributed by atoms with van der Waals surface area (Å²) in [6.45, 7) is 3.39. The molecule has 2 aliphatic heterocycles. The summed E-state index contributed by atoms with van der Waals surface area (Å²) in [6, 6.07) is 8.21. The fourth-order valence-corrected chi connectivity index (χ4v) is 6.06. The minimum Gasteiger partial charge on any atom is -0.378 e. The molecular formula is C23H31N3O3. The van der Waals surface area contributed by atoms with Gasteiger partial charge in [-0.2, -0.15) is 0 Å². The number of morpholine rings is 1. The average Bonchev–Trinajstić information content (AvgIpc) is 3.35. The van der Waals surface area contributed by atoms with E-state index in [9.17, 15) is 9.59 Å². The van der Waals surface area contributed by atoms with E-state index in [1.165, 1.54) is 11.1 Å². The van der Waals surface area contributed by atoms with E-state index < -0.39 is 0 Å². The molecule has 1 N–H and O–H groups in total. The first kappa shape index (κ1) is 19.1. The Morgan fingerprint density at radius 3 is 2.59 bits per heavy atom. The zero-order valence-electron chi connectivity index (χ0n) is 17.2. The van der Waals surface area contributed by atoms with Gasteiger partial charge in [-0.1, -0.05) is 24.3 Å². The van der Waals surface area contributed by atoms with Crippen LogP contribution >= 0.6 is 0 Å². The lowest BCUT2D eigenvalue weighted by Crippen LogP contribution is -2.56. The third-order valence-electron chi connectivity index (χ3n) is 7.62. The lowest BCUT2D eigenvalue weighted by Gasteiger charge is -2.38. The van der Waals surface area contributed by atoms with E-state index in [4.69, 9.17) is 4.74 Å². The summed E-state index contributed by atoms with van der Waals surface area (Å²) in [4.78, 5) is 30.7. The van der Waals surface area contributed by atoms with Gasteiger partial charge in [-0.05, 0) is 55.7 Å². The number of hydrogen-bond donors (Lipinski definition) is 1.